The predicted molar refractivity (Wildman–Crippen MR) is 109 cm³/mol. The number of aliphatic hydroxyl groups excluding tert-OH is 1. The maximum absolute atomic E-state index is 12.9. The summed E-state index contributed by atoms with van der Waals surface area (Å²) < 4.78 is 1.32. The van der Waals surface area contributed by atoms with Crippen LogP contribution in [0.5, 0.6) is 0 Å². The molecule has 0 aliphatic heterocycles. The molecule has 140 valence electrons. The van der Waals surface area contributed by atoms with E-state index < -0.39 is 0 Å². The predicted octanol–water partition coefficient (Wildman–Crippen LogP) is 2.49. The Morgan fingerprint density at radius 2 is 1.43 bits per heavy atom. The number of nitrogens with zero attached hydrogens (tertiary/aromatic N) is 4. The van der Waals surface area contributed by atoms with Crippen molar-refractivity contribution in [2.24, 2.45) is 0 Å². The van der Waals surface area contributed by atoms with Gasteiger partial charge in [-0.25, -0.2) is 9.97 Å². The lowest BCUT2D eigenvalue weighted by Crippen LogP contribution is -2.26. The minimum absolute atomic E-state index is 0.0438. The summed E-state index contributed by atoms with van der Waals surface area (Å²) in [5.74, 6) is 0.0618. The van der Waals surface area contributed by atoms with Crippen LogP contribution in [0.4, 0.5) is 5.95 Å². The van der Waals surface area contributed by atoms with Gasteiger partial charge < -0.3 is 10.8 Å². The molecule has 3 N–H and O–H groups in total. The molecule has 2 aromatic carbocycles. The molecule has 4 aromatic rings. The van der Waals surface area contributed by atoms with Crippen LogP contribution in [-0.4, -0.2) is 31.2 Å². The van der Waals surface area contributed by atoms with Crippen LogP contribution in [0.25, 0.3) is 33.7 Å². The summed E-state index contributed by atoms with van der Waals surface area (Å²) in [6.45, 7) is 0.227. The summed E-state index contributed by atoms with van der Waals surface area (Å²) in [6.07, 6.45) is 0.401. The number of nitrogen functional groups attached to an aromatic ring is 1. The molecule has 7 nitrogen and oxygen atoms in total. The number of hydrogen-bond acceptors (Lipinski definition) is 6. The van der Waals surface area contributed by atoms with Crippen LogP contribution in [0.2, 0.25) is 0 Å². The topological polar surface area (TPSA) is 107 Å². The van der Waals surface area contributed by atoms with E-state index in [1.807, 2.05) is 60.7 Å². The van der Waals surface area contributed by atoms with Gasteiger partial charge in [0.15, 0.2) is 11.2 Å². The highest BCUT2D eigenvalue weighted by Crippen LogP contribution is 2.29. The van der Waals surface area contributed by atoms with E-state index >= 15 is 0 Å². The number of aromatic nitrogens is 4. The summed E-state index contributed by atoms with van der Waals surface area (Å²) in [5, 5.41) is 9.07. The molecule has 0 aliphatic rings. The Morgan fingerprint density at radius 3 is 2.00 bits per heavy atom. The summed E-state index contributed by atoms with van der Waals surface area (Å²) >= 11 is 0. The fraction of sp³-hybridized carbons (Fsp3) is 0.143. The number of benzene rings is 2. The molecule has 0 spiro atoms. The Morgan fingerprint density at radius 1 is 0.857 bits per heavy atom. The molecule has 0 atom stereocenters. The Bertz CT molecular complexity index is 1170. The zero-order chi connectivity index (χ0) is 19.5. The van der Waals surface area contributed by atoms with Gasteiger partial charge in [0, 0.05) is 24.3 Å². The first-order valence-corrected chi connectivity index (χ1v) is 8.99. The van der Waals surface area contributed by atoms with Crippen molar-refractivity contribution in [1.29, 1.82) is 0 Å². The highest BCUT2D eigenvalue weighted by Gasteiger charge is 2.17. The van der Waals surface area contributed by atoms with Gasteiger partial charge in [-0.05, 0) is 6.42 Å². The molecule has 0 fully saturated rings. The van der Waals surface area contributed by atoms with E-state index in [0.717, 1.165) is 11.1 Å². The van der Waals surface area contributed by atoms with Gasteiger partial charge in [0.2, 0.25) is 5.95 Å². The first kappa shape index (κ1) is 17.8. The Labute approximate surface area is 161 Å². The molecular weight excluding hydrogens is 354 g/mol. The molecule has 7 heteroatoms. The second kappa shape index (κ2) is 7.58. The minimum Gasteiger partial charge on any atom is -0.396 e. The minimum atomic E-state index is -0.361. The van der Waals surface area contributed by atoms with E-state index in [1.54, 1.807) is 0 Å². The van der Waals surface area contributed by atoms with Crippen molar-refractivity contribution in [1.82, 2.24) is 19.5 Å². The van der Waals surface area contributed by atoms with Crippen LogP contribution in [-0.2, 0) is 6.54 Å². The van der Waals surface area contributed by atoms with E-state index in [-0.39, 0.29) is 35.8 Å². The average molecular weight is 373 g/mol. The quantitative estimate of drug-likeness (QED) is 0.557. The second-order valence-corrected chi connectivity index (χ2v) is 6.33. The number of anilines is 1. The standard InChI is InChI=1S/C21H19N5O2/c22-21-25-19-18(20(28)26(21)12-7-13-27)23-16(14-8-3-1-4-9-14)17(24-19)15-10-5-2-6-11-15/h1-6,8-11,27H,7,12-13H2,(H2,22,24,25). The number of nitrogens with two attached hydrogens (primary N) is 1. The molecule has 0 amide bonds. The Kier molecular flexibility index (Phi) is 4.82. The summed E-state index contributed by atoms with van der Waals surface area (Å²) in [5.41, 5.74) is 8.95. The van der Waals surface area contributed by atoms with Crippen LogP contribution >= 0.6 is 0 Å². The van der Waals surface area contributed by atoms with Gasteiger partial charge in [0.05, 0.1) is 11.4 Å². The molecular formula is C21H19N5O2. The van der Waals surface area contributed by atoms with Crippen molar-refractivity contribution in [3.05, 3.63) is 71.0 Å². The smallest absolute Gasteiger partial charge is 0.283 e. The molecule has 0 unspecified atom stereocenters. The van der Waals surface area contributed by atoms with Crippen LogP contribution in [0, 0.1) is 0 Å². The lowest BCUT2D eigenvalue weighted by atomic mass is 10.0. The maximum Gasteiger partial charge on any atom is 0.283 e. The first-order valence-electron chi connectivity index (χ1n) is 8.99. The Balaban J connectivity index is 2.02. The number of aliphatic hydroxyl groups is 1. The number of fused-ring (bicyclic) bond motifs is 1. The fourth-order valence-corrected chi connectivity index (χ4v) is 3.09. The van der Waals surface area contributed by atoms with Gasteiger partial charge in [-0.1, -0.05) is 60.7 Å². The lowest BCUT2D eigenvalue weighted by molar-refractivity contribution is 0.279. The first-order chi connectivity index (χ1) is 13.7. The van der Waals surface area contributed by atoms with Crippen molar-refractivity contribution < 1.29 is 5.11 Å². The van der Waals surface area contributed by atoms with Crippen LogP contribution in [0.3, 0.4) is 0 Å². The van der Waals surface area contributed by atoms with Gasteiger partial charge in [0.25, 0.3) is 5.56 Å². The lowest BCUT2D eigenvalue weighted by Gasteiger charge is -2.12. The summed E-state index contributed by atoms with van der Waals surface area (Å²) in [6, 6.07) is 19.3. The largest absolute Gasteiger partial charge is 0.396 e. The van der Waals surface area contributed by atoms with Crippen LogP contribution in [0.15, 0.2) is 65.5 Å². The van der Waals surface area contributed by atoms with Crippen LogP contribution < -0.4 is 11.3 Å². The van der Waals surface area contributed by atoms with Crippen molar-refractivity contribution in [2.75, 3.05) is 12.3 Å². The van der Waals surface area contributed by atoms with E-state index in [2.05, 4.69) is 15.0 Å². The van der Waals surface area contributed by atoms with E-state index in [1.165, 1.54) is 4.57 Å². The summed E-state index contributed by atoms with van der Waals surface area (Å²) in [4.78, 5) is 26.5. The van der Waals surface area contributed by atoms with Gasteiger partial charge in [-0.15, -0.1) is 0 Å². The van der Waals surface area contributed by atoms with Crippen molar-refractivity contribution in [2.45, 2.75) is 13.0 Å². The molecule has 28 heavy (non-hydrogen) atoms. The van der Waals surface area contributed by atoms with Crippen LogP contribution in [0.1, 0.15) is 6.42 Å². The zero-order valence-corrected chi connectivity index (χ0v) is 15.1. The zero-order valence-electron chi connectivity index (χ0n) is 15.1. The number of rotatable bonds is 5. The van der Waals surface area contributed by atoms with Gasteiger partial charge in [0.1, 0.15) is 0 Å². The highest BCUT2D eigenvalue weighted by atomic mass is 16.3. The molecule has 0 bridgehead atoms. The van der Waals surface area contributed by atoms with Crippen molar-refractivity contribution in [3.63, 3.8) is 0 Å². The molecule has 4 rings (SSSR count). The third-order valence-corrected chi connectivity index (χ3v) is 4.46. The second-order valence-electron chi connectivity index (χ2n) is 6.33. The molecule has 2 aromatic heterocycles. The molecule has 0 saturated carbocycles. The van der Waals surface area contributed by atoms with Gasteiger partial charge >= 0.3 is 0 Å². The fourth-order valence-electron chi connectivity index (χ4n) is 3.09. The van der Waals surface area contributed by atoms with Gasteiger partial charge in [-0.2, -0.15) is 4.98 Å². The van der Waals surface area contributed by atoms with E-state index in [9.17, 15) is 4.79 Å². The van der Waals surface area contributed by atoms with Crippen molar-refractivity contribution >= 4 is 17.1 Å². The highest BCUT2D eigenvalue weighted by molar-refractivity contribution is 5.84. The third-order valence-electron chi connectivity index (χ3n) is 4.46. The van der Waals surface area contributed by atoms with Gasteiger partial charge in [-0.3, -0.25) is 9.36 Å². The van der Waals surface area contributed by atoms with E-state index in [0.29, 0.717) is 17.8 Å². The molecule has 0 aliphatic carbocycles. The molecule has 2 heterocycles. The molecule has 0 radical (unpaired) electrons. The third kappa shape index (κ3) is 3.23. The molecule has 0 saturated heterocycles. The van der Waals surface area contributed by atoms with E-state index in [4.69, 9.17) is 10.8 Å². The average Bonchev–Trinajstić information content (AvgIpc) is 2.74. The van der Waals surface area contributed by atoms with Crippen molar-refractivity contribution in [3.8, 4) is 22.5 Å². The maximum atomic E-state index is 12.9. The normalized spacial score (nSPS) is 11.0. The number of hydrogen-bond donors (Lipinski definition) is 2. The monoisotopic (exact) mass is 373 g/mol. The Hall–Kier alpha value is -3.58. The summed E-state index contributed by atoms with van der Waals surface area (Å²) in [7, 11) is 0. The SMILES string of the molecule is Nc1nc2nc(-c3ccccc3)c(-c3ccccc3)nc2c(=O)n1CCCO.